The Morgan fingerprint density at radius 1 is 1.29 bits per heavy atom. The largest absolute Gasteiger partial charge is 0.469 e. The molecule has 2 rings (SSSR count). The Morgan fingerprint density at radius 2 is 1.96 bits per heavy atom. The van der Waals surface area contributed by atoms with Gasteiger partial charge in [-0.2, -0.15) is 0 Å². The summed E-state index contributed by atoms with van der Waals surface area (Å²) in [5, 5.41) is 10.9. The number of carbonyl (C=O) groups is 2. The van der Waals surface area contributed by atoms with Gasteiger partial charge in [0.05, 0.1) is 25.2 Å². The lowest BCUT2D eigenvalue weighted by Gasteiger charge is -2.56. The van der Waals surface area contributed by atoms with Crippen LogP contribution in [0, 0.1) is 16.7 Å². The number of aliphatic hydroxyl groups is 1. The molecule has 5 heteroatoms. The van der Waals surface area contributed by atoms with Crippen molar-refractivity contribution in [1.29, 1.82) is 0 Å². The monoisotopic (exact) mass is 338 g/mol. The van der Waals surface area contributed by atoms with Gasteiger partial charge in [-0.15, -0.1) is 0 Å². The van der Waals surface area contributed by atoms with E-state index in [-0.39, 0.29) is 17.9 Å². The van der Waals surface area contributed by atoms with E-state index in [9.17, 15) is 14.7 Å². The Kier molecular flexibility index (Phi) is 5.43. The van der Waals surface area contributed by atoms with Crippen LogP contribution in [0.2, 0.25) is 0 Å². The van der Waals surface area contributed by atoms with Crippen LogP contribution in [0.4, 0.5) is 0 Å². The van der Waals surface area contributed by atoms with Crippen LogP contribution in [0.25, 0.3) is 0 Å². The number of hydrogen-bond donors (Lipinski definition) is 1. The van der Waals surface area contributed by atoms with Crippen molar-refractivity contribution in [3.8, 4) is 0 Å². The number of hydrogen-bond acceptors (Lipinski definition) is 5. The van der Waals surface area contributed by atoms with Crippen molar-refractivity contribution in [1.82, 2.24) is 0 Å². The normalized spacial score (nSPS) is 36.1. The summed E-state index contributed by atoms with van der Waals surface area (Å²) in [5.41, 5.74) is 1.32. The highest BCUT2D eigenvalue weighted by molar-refractivity contribution is 5.77. The molecular weight excluding hydrogens is 308 g/mol. The molecule has 1 N–H and O–H groups in total. The number of aliphatic hydroxyl groups excluding tert-OH is 1. The molecule has 1 saturated carbocycles. The Labute approximate surface area is 144 Å². The molecule has 0 unspecified atom stereocenters. The number of rotatable bonds is 4. The zero-order chi connectivity index (χ0) is 18.1. The molecule has 0 bridgehead atoms. The van der Waals surface area contributed by atoms with E-state index in [1.54, 1.807) is 0 Å². The number of allylic oxidation sites excluding steroid dienone is 1. The maximum atomic E-state index is 12.5. The third-order valence-electron chi connectivity index (χ3n) is 6.40. The van der Waals surface area contributed by atoms with Crippen molar-refractivity contribution in [3.05, 3.63) is 11.1 Å². The molecule has 0 aliphatic heterocycles. The van der Waals surface area contributed by atoms with E-state index in [1.807, 2.05) is 6.92 Å². The summed E-state index contributed by atoms with van der Waals surface area (Å²) in [6.07, 6.45) is 3.08. The van der Waals surface area contributed by atoms with Crippen molar-refractivity contribution in [2.24, 2.45) is 16.7 Å². The van der Waals surface area contributed by atoms with Crippen LogP contribution in [0.3, 0.4) is 0 Å². The summed E-state index contributed by atoms with van der Waals surface area (Å²) in [6, 6.07) is 0. The summed E-state index contributed by atoms with van der Waals surface area (Å²) in [5.74, 6) is -0.462. The summed E-state index contributed by atoms with van der Waals surface area (Å²) < 4.78 is 10.2. The first kappa shape index (κ1) is 19.0. The second-order valence-electron chi connectivity index (χ2n) is 7.69. The van der Waals surface area contributed by atoms with Crippen LogP contribution in [0.5, 0.6) is 0 Å². The third-order valence-corrected chi connectivity index (χ3v) is 6.40. The molecule has 136 valence electrons. The van der Waals surface area contributed by atoms with Gasteiger partial charge in [0.25, 0.3) is 0 Å². The molecule has 0 aromatic rings. The smallest absolute Gasteiger partial charge is 0.311 e. The number of esters is 2. The molecule has 1 fully saturated rings. The molecule has 24 heavy (non-hydrogen) atoms. The Hall–Kier alpha value is -1.36. The molecule has 0 heterocycles. The zero-order valence-electron chi connectivity index (χ0n) is 15.5. The summed E-state index contributed by atoms with van der Waals surface area (Å²) in [7, 11) is 1.43. The number of fused-ring (bicyclic) bond motifs is 1. The molecule has 5 nitrogen and oxygen atoms in total. The van der Waals surface area contributed by atoms with Gasteiger partial charge < -0.3 is 14.6 Å². The zero-order valence-corrected chi connectivity index (χ0v) is 15.5. The fourth-order valence-corrected chi connectivity index (χ4v) is 5.06. The lowest BCUT2D eigenvalue weighted by Crippen LogP contribution is -2.56. The van der Waals surface area contributed by atoms with E-state index in [4.69, 9.17) is 9.47 Å². The van der Waals surface area contributed by atoms with Crippen molar-refractivity contribution in [2.45, 2.75) is 65.9 Å². The second kappa shape index (κ2) is 6.87. The standard InChI is InChI=1S/C19H30O5/c1-12-6-7-15-18(3,17(22)23-5)10-8-16(21)19(15,4)14(12)9-11-24-13(2)20/h15-16,21H,6-11H2,1-5H3/t15-,16-,18+,19+/m1/s1. The average molecular weight is 338 g/mol. The minimum Gasteiger partial charge on any atom is -0.469 e. The van der Waals surface area contributed by atoms with Gasteiger partial charge in [0.15, 0.2) is 0 Å². The van der Waals surface area contributed by atoms with Gasteiger partial charge in [-0.05, 0) is 45.4 Å². The van der Waals surface area contributed by atoms with Crippen LogP contribution in [0.15, 0.2) is 11.1 Å². The minimum atomic E-state index is -0.587. The Bertz CT molecular complexity index is 552. The third kappa shape index (κ3) is 2.99. The highest BCUT2D eigenvalue weighted by atomic mass is 16.5. The molecule has 0 spiro atoms. The van der Waals surface area contributed by atoms with Gasteiger partial charge in [0, 0.05) is 18.8 Å². The predicted molar refractivity (Wildman–Crippen MR) is 90.1 cm³/mol. The Morgan fingerprint density at radius 3 is 2.54 bits per heavy atom. The van der Waals surface area contributed by atoms with Crippen LogP contribution in [0.1, 0.15) is 59.8 Å². The molecular formula is C19H30O5. The SMILES string of the molecule is COC(=O)[C@@]1(C)CC[C@@H](O)[C@@]2(C)C(CCOC(C)=O)=C(C)CC[C@@H]21. The van der Waals surface area contributed by atoms with E-state index in [0.29, 0.717) is 25.9 Å². The minimum absolute atomic E-state index is 0.0252. The lowest BCUT2D eigenvalue weighted by molar-refractivity contribution is -0.170. The average Bonchev–Trinajstić information content (AvgIpc) is 2.53. The fraction of sp³-hybridized carbons (Fsp3) is 0.789. The maximum Gasteiger partial charge on any atom is 0.311 e. The topological polar surface area (TPSA) is 72.8 Å². The van der Waals surface area contributed by atoms with Crippen molar-refractivity contribution in [3.63, 3.8) is 0 Å². The molecule has 0 aromatic heterocycles. The highest BCUT2D eigenvalue weighted by Gasteiger charge is 2.59. The predicted octanol–water partition coefficient (Wildman–Crippen LogP) is 3.01. The number of ether oxygens (including phenoxy) is 2. The molecule has 2 aliphatic carbocycles. The van der Waals surface area contributed by atoms with Crippen molar-refractivity contribution >= 4 is 11.9 Å². The van der Waals surface area contributed by atoms with E-state index in [2.05, 4.69) is 13.8 Å². The Balaban J connectivity index is 2.38. The molecule has 0 aromatic carbocycles. The number of carbonyl (C=O) groups excluding carboxylic acids is 2. The van der Waals surface area contributed by atoms with Crippen LogP contribution in [-0.2, 0) is 19.1 Å². The van der Waals surface area contributed by atoms with Gasteiger partial charge in [0.1, 0.15) is 0 Å². The summed E-state index contributed by atoms with van der Waals surface area (Å²) >= 11 is 0. The fourth-order valence-electron chi connectivity index (χ4n) is 5.06. The molecule has 0 saturated heterocycles. The van der Waals surface area contributed by atoms with Crippen LogP contribution < -0.4 is 0 Å². The van der Waals surface area contributed by atoms with Crippen molar-refractivity contribution < 1.29 is 24.2 Å². The maximum absolute atomic E-state index is 12.5. The molecule has 2 aliphatic rings. The summed E-state index contributed by atoms with van der Waals surface area (Å²) in [4.78, 5) is 23.6. The molecule has 0 amide bonds. The van der Waals surface area contributed by atoms with Gasteiger partial charge in [0.2, 0.25) is 0 Å². The van der Waals surface area contributed by atoms with E-state index in [0.717, 1.165) is 18.4 Å². The van der Waals surface area contributed by atoms with Crippen molar-refractivity contribution in [2.75, 3.05) is 13.7 Å². The molecule has 4 atom stereocenters. The van der Waals surface area contributed by atoms with Crippen LogP contribution in [-0.4, -0.2) is 36.9 Å². The first-order valence-corrected chi connectivity index (χ1v) is 8.76. The van der Waals surface area contributed by atoms with Gasteiger partial charge >= 0.3 is 11.9 Å². The van der Waals surface area contributed by atoms with E-state index in [1.165, 1.54) is 19.6 Å². The van der Waals surface area contributed by atoms with Crippen LogP contribution >= 0.6 is 0 Å². The van der Waals surface area contributed by atoms with E-state index < -0.39 is 16.9 Å². The number of methoxy groups -OCH3 is 1. The molecule has 0 radical (unpaired) electrons. The first-order valence-electron chi connectivity index (χ1n) is 8.76. The van der Waals surface area contributed by atoms with Gasteiger partial charge in [-0.3, -0.25) is 9.59 Å². The first-order chi connectivity index (χ1) is 11.2. The van der Waals surface area contributed by atoms with Gasteiger partial charge in [-0.1, -0.05) is 18.1 Å². The van der Waals surface area contributed by atoms with Gasteiger partial charge in [-0.25, -0.2) is 0 Å². The van der Waals surface area contributed by atoms with E-state index >= 15 is 0 Å². The summed E-state index contributed by atoms with van der Waals surface area (Å²) in [6.45, 7) is 7.83. The second-order valence-corrected chi connectivity index (χ2v) is 7.69. The quantitative estimate of drug-likeness (QED) is 0.630. The highest BCUT2D eigenvalue weighted by Crippen LogP contribution is 2.60. The lowest BCUT2D eigenvalue weighted by atomic mass is 9.48.